The number of benzene rings is 1. The Hall–Kier alpha value is -3.16. The van der Waals surface area contributed by atoms with Crippen molar-refractivity contribution < 1.29 is 9.50 Å². The van der Waals surface area contributed by atoms with Crippen LogP contribution in [0.4, 0.5) is 10.1 Å². The summed E-state index contributed by atoms with van der Waals surface area (Å²) in [6.07, 6.45) is 2.89. The highest BCUT2D eigenvalue weighted by Crippen LogP contribution is 2.36. The Morgan fingerprint density at radius 1 is 1.09 bits per heavy atom. The highest BCUT2D eigenvalue weighted by Gasteiger charge is 2.22. The van der Waals surface area contributed by atoms with Crippen molar-refractivity contribution in [3.63, 3.8) is 0 Å². The van der Waals surface area contributed by atoms with Crippen molar-refractivity contribution in [1.82, 2.24) is 19.9 Å². The average Bonchev–Trinajstić information content (AvgIpc) is 2.76. The average molecular weight is 452 g/mol. The van der Waals surface area contributed by atoms with E-state index in [1.165, 1.54) is 18.5 Å². The number of rotatable bonds is 5. The van der Waals surface area contributed by atoms with E-state index in [9.17, 15) is 9.50 Å². The zero-order valence-corrected chi connectivity index (χ0v) is 18.9. The molecular formula is C24H23ClFN5O. The van der Waals surface area contributed by atoms with E-state index in [4.69, 9.17) is 11.6 Å². The molecule has 0 fully saturated rings. The minimum atomic E-state index is -1.20. The lowest BCUT2D eigenvalue weighted by molar-refractivity contribution is 0.0687. The van der Waals surface area contributed by atoms with Crippen LogP contribution in [0.2, 0.25) is 5.02 Å². The van der Waals surface area contributed by atoms with E-state index in [0.717, 1.165) is 5.56 Å². The Morgan fingerprint density at radius 2 is 1.75 bits per heavy atom. The highest BCUT2D eigenvalue weighted by atomic mass is 35.5. The fraction of sp³-hybridized carbons (Fsp3) is 0.250. The topological polar surface area (TPSA) is 83.8 Å². The zero-order chi connectivity index (χ0) is 23.0. The molecule has 3 heterocycles. The molecule has 4 rings (SSSR count). The van der Waals surface area contributed by atoms with Crippen LogP contribution in [0.3, 0.4) is 0 Å². The van der Waals surface area contributed by atoms with Crippen LogP contribution in [-0.4, -0.2) is 25.0 Å². The van der Waals surface area contributed by atoms with Gasteiger partial charge in [-0.15, -0.1) is 0 Å². The lowest BCUT2D eigenvalue weighted by Gasteiger charge is -2.19. The SMILES string of the molecule is Cc1nc2cc(F)c(-c3cnc(C(C)(C)O)nc3)nc2c(NC(C)c2ccccc2)c1Cl. The van der Waals surface area contributed by atoms with Gasteiger partial charge in [0.2, 0.25) is 0 Å². The van der Waals surface area contributed by atoms with Gasteiger partial charge in [-0.1, -0.05) is 41.9 Å². The number of nitrogens with one attached hydrogen (secondary N) is 1. The molecule has 0 spiro atoms. The molecule has 0 saturated heterocycles. The van der Waals surface area contributed by atoms with E-state index in [1.807, 2.05) is 37.3 Å². The molecule has 4 aromatic rings. The van der Waals surface area contributed by atoms with Crippen LogP contribution in [0.25, 0.3) is 22.3 Å². The molecule has 0 aliphatic carbocycles. The monoisotopic (exact) mass is 451 g/mol. The van der Waals surface area contributed by atoms with Crippen LogP contribution in [0.15, 0.2) is 48.8 Å². The van der Waals surface area contributed by atoms with E-state index < -0.39 is 11.4 Å². The predicted molar refractivity (Wildman–Crippen MR) is 124 cm³/mol. The summed E-state index contributed by atoms with van der Waals surface area (Å²) < 4.78 is 15.0. The first-order chi connectivity index (χ1) is 15.1. The number of aryl methyl sites for hydroxylation is 1. The van der Waals surface area contributed by atoms with Gasteiger partial charge in [0.1, 0.15) is 16.8 Å². The fourth-order valence-electron chi connectivity index (χ4n) is 3.41. The molecule has 6 nitrogen and oxygen atoms in total. The van der Waals surface area contributed by atoms with E-state index in [-0.39, 0.29) is 17.6 Å². The van der Waals surface area contributed by atoms with E-state index in [0.29, 0.717) is 33.0 Å². The smallest absolute Gasteiger partial charge is 0.159 e. The Labute approximate surface area is 190 Å². The van der Waals surface area contributed by atoms with Crippen molar-refractivity contribution in [2.24, 2.45) is 0 Å². The van der Waals surface area contributed by atoms with E-state index in [2.05, 4.69) is 25.3 Å². The second-order valence-corrected chi connectivity index (χ2v) is 8.58. The third-order valence-corrected chi connectivity index (χ3v) is 5.61. The first-order valence-corrected chi connectivity index (χ1v) is 10.6. The van der Waals surface area contributed by atoms with Gasteiger partial charge in [-0.25, -0.2) is 24.3 Å². The quantitative estimate of drug-likeness (QED) is 0.411. The van der Waals surface area contributed by atoms with E-state index >= 15 is 0 Å². The molecule has 164 valence electrons. The Kier molecular flexibility index (Phi) is 5.79. The summed E-state index contributed by atoms with van der Waals surface area (Å²) in [5, 5.41) is 13.9. The maximum atomic E-state index is 15.0. The van der Waals surface area contributed by atoms with Crippen LogP contribution in [-0.2, 0) is 5.60 Å². The fourth-order valence-corrected chi connectivity index (χ4v) is 3.59. The molecule has 2 N–H and O–H groups in total. The Bertz CT molecular complexity index is 1270. The normalized spacial score (nSPS) is 12.7. The molecule has 1 atom stereocenters. The third kappa shape index (κ3) is 4.26. The number of hydrogen-bond acceptors (Lipinski definition) is 6. The van der Waals surface area contributed by atoms with Crippen molar-refractivity contribution in [2.75, 3.05) is 5.32 Å². The molecule has 0 aliphatic rings. The van der Waals surface area contributed by atoms with Gasteiger partial charge in [0.15, 0.2) is 11.6 Å². The number of nitrogens with zero attached hydrogens (tertiary/aromatic N) is 4. The lowest BCUT2D eigenvalue weighted by Crippen LogP contribution is -2.19. The molecule has 0 bridgehead atoms. The number of halogens is 2. The number of hydrogen-bond donors (Lipinski definition) is 2. The molecular weight excluding hydrogens is 429 g/mol. The van der Waals surface area contributed by atoms with Crippen LogP contribution in [0, 0.1) is 12.7 Å². The van der Waals surface area contributed by atoms with E-state index in [1.54, 1.807) is 20.8 Å². The van der Waals surface area contributed by atoms with Gasteiger partial charge in [-0.05, 0) is 33.3 Å². The summed E-state index contributed by atoms with van der Waals surface area (Å²) >= 11 is 6.60. The summed E-state index contributed by atoms with van der Waals surface area (Å²) in [6.45, 7) is 6.95. The van der Waals surface area contributed by atoms with Crippen molar-refractivity contribution in [1.29, 1.82) is 0 Å². The Morgan fingerprint density at radius 3 is 2.38 bits per heavy atom. The van der Waals surface area contributed by atoms with Gasteiger partial charge < -0.3 is 10.4 Å². The van der Waals surface area contributed by atoms with Gasteiger partial charge in [0.05, 0.1) is 21.9 Å². The second kappa shape index (κ2) is 8.41. The van der Waals surface area contributed by atoms with Crippen LogP contribution >= 0.6 is 11.6 Å². The summed E-state index contributed by atoms with van der Waals surface area (Å²) in [4.78, 5) is 17.3. The standard InChI is InChI=1S/C24H23ClFN5O/c1-13(15-8-6-5-7-9-15)30-22-19(25)14(2)29-18-10-17(26)20(31-21(18)22)16-11-27-23(28-12-16)24(3,4)32/h5-13,32H,1-4H3,(H,29,30). The lowest BCUT2D eigenvalue weighted by atomic mass is 10.1. The van der Waals surface area contributed by atoms with Gasteiger partial charge in [-0.3, -0.25) is 0 Å². The largest absolute Gasteiger partial charge is 0.382 e. The van der Waals surface area contributed by atoms with Crippen molar-refractivity contribution in [2.45, 2.75) is 39.3 Å². The molecule has 0 amide bonds. The third-order valence-electron chi connectivity index (χ3n) is 5.15. The number of aromatic nitrogens is 4. The van der Waals surface area contributed by atoms with Gasteiger partial charge >= 0.3 is 0 Å². The molecule has 32 heavy (non-hydrogen) atoms. The highest BCUT2D eigenvalue weighted by molar-refractivity contribution is 6.35. The number of aliphatic hydroxyl groups is 1. The summed E-state index contributed by atoms with van der Waals surface area (Å²) in [5.41, 5.74) is 2.34. The number of fused-ring (bicyclic) bond motifs is 1. The zero-order valence-electron chi connectivity index (χ0n) is 18.2. The maximum absolute atomic E-state index is 15.0. The molecule has 0 radical (unpaired) electrons. The van der Waals surface area contributed by atoms with Crippen molar-refractivity contribution in [3.8, 4) is 11.3 Å². The number of pyridine rings is 2. The Balaban J connectivity index is 1.83. The summed E-state index contributed by atoms with van der Waals surface area (Å²) in [5.74, 6) is -0.310. The first-order valence-electron chi connectivity index (χ1n) is 10.2. The molecule has 1 aromatic carbocycles. The van der Waals surface area contributed by atoms with Crippen LogP contribution < -0.4 is 5.32 Å². The molecule has 0 aliphatic heterocycles. The van der Waals surface area contributed by atoms with Gasteiger partial charge in [0.25, 0.3) is 0 Å². The van der Waals surface area contributed by atoms with Crippen LogP contribution in [0.1, 0.15) is 43.9 Å². The van der Waals surface area contributed by atoms with Crippen molar-refractivity contribution >= 4 is 28.3 Å². The molecule has 3 aromatic heterocycles. The minimum absolute atomic E-state index is 0.0663. The molecule has 1 unspecified atom stereocenters. The number of anilines is 1. The second-order valence-electron chi connectivity index (χ2n) is 8.20. The maximum Gasteiger partial charge on any atom is 0.159 e. The van der Waals surface area contributed by atoms with Gasteiger partial charge in [-0.2, -0.15) is 0 Å². The van der Waals surface area contributed by atoms with Crippen LogP contribution in [0.5, 0.6) is 0 Å². The van der Waals surface area contributed by atoms with Crippen molar-refractivity contribution in [3.05, 3.63) is 76.7 Å². The molecule has 0 saturated carbocycles. The summed E-state index contributed by atoms with van der Waals surface area (Å²) in [6, 6.07) is 11.2. The minimum Gasteiger partial charge on any atom is -0.382 e. The summed E-state index contributed by atoms with van der Waals surface area (Å²) in [7, 11) is 0. The van der Waals surface area contributed by atoms with Gasteiger partial charge in [0, 0.05) is 30.1 Å². The first kappa shape index (κ1) is 22.0. The molecule has 8 heteroatoms. The predicted octanol–water partition coefficient (Wildman–Crippen LogP) is 5.59.